The molecule has 3 rings (SSSR count). The van der Waals surface area contributed by atoms with Gasteiger partial charge in [0, 0.05) is 30.7 Å². The molecular weight excluding hydrogens is 308 g/mol. The van der Waals surface area contributed by atoms with Crippen LogP contribution < -0.4 is 5.32 Å². The number of rotatable bonds is 3. The van der Waals surface area contributed by atoms with Gasteiger partial charge in [-0.3, -0.25) is 0 Å². The summed E-state index contributed by atoms with van der Waals surface area (Å²) < 4.78 is 2.60. The highest BCUT2D eigenvalue weighted by Gasteiger charge is 2.07. The number of fused-ring (bicyclic) bond motifs is 1. The molecule has 2 N–H and O–H groups in total. The predicted octanol–water partition coefficient (Wildman–Crippen LogP) is 2.81. The van der Waals surface area contributed by atoms with Gasteiger partial charge in [-0.2, -0.15) is 0 Å². The molecule has 1 aromatic carbocycles. The molecular formula is C13H11BrN4O. The van der Waals surface area contributed by atoms with E-state index in [1.807, 2.05) is 28.9 Å². The number of nitrogens with zero attached hydrogens (tertiary/aromatic N) is 3. The fraction of sp³-hybridized carbons (Fsp3) is 0.0769. The molecule has 5 nitrogen and oxygen atoms in total. The maximum absolute atomic E-state index is 9.73. The first-order valence-electron chi connectivity index (χ1n) is 5.74. The molecule has 0 atom stereocenters. The van der Waals surface area contributed by atoms with Crippen LogP contribution in [-0.2, 0) is 6.54 Å². The van der Waals surface area contributed by atoms with Crippen molar-refractivity contribution in [1.29, 1.82) is 0 Å². The van der Waals surface area contributed by atoms with Gasteiger partial charge in [-0.05, 0) is 22.0 Å². The molecule has 2 aromatic heterocycles. The van der Waals surface area contributed by atoms with Gasteiger partial charge >= 0.3 is 0 Å². The number of anilines is 1. The number of benzene rings is 1. The highest BCUT2D eigenvalue weighted by atomic mass is 79.9. The lowest BCUT2D eigenvalue weighted by atomic mass is 10.2. The van der Waals surface area contributed by atoms with Crippen LogP contribution in [0.4, 0.5) is 5.82 Å². The molecule has 96 valence electrons. The summed E-state index contributed by atoms with van der Waals surface area (Å²) in [5, 5.41) is 12.9. The van der Waals surface area contributed by atoms with Gasteiger partial charge in [-0.15, -0.1) is 0 Å². The Morgan fingerprint density at radius 1 is 1.32 bits per heavy atom. The molecule has 2 heterocycles. The lowest BCUT2D eigenvalue weighted by Gasteiger charge is -2.08. The summed E-state index contributed by atoms with van der Waals surface area (Å²) >= 11 is 3.36. The molecule has 3 aromatic rings. The third-order valence-electron chi connectivity index (χ3n) is 2.78. The standard InChI is InChI=1S/C13H11BrN4O/c14-11-8-18-6-5-15-13(18)12(17-11)16-7-9-3-1-2-4-10(9)19/h1-6,8,19H,7H2,(H,16,17). The Bertz CT molecular complexity index is 725. The van der Waals surface area contributed by atoms with E-state index < -0.39 is 0 Å². The first kappa shape index (κ1) is 12.0. The van der Waals surface area contributed by atoms with E-state index in [0.717, 1.165) is 15.8 Å². The van der Waals surface area contributed by atoms with Crippen LogP contribution in [0.2, 0.25) is 0 Å². The first-order chi connectivity index (χ1) is 9.24. The monoisotopic (exact) mass is 318 g/mol. The van der Waals surface area contributed by atoms with Gasteiger partial charge in [0.25, 0.3) is 0 Å². The zero-order chi connectivity index (χ0) is 13.2. The van der Waals surface area contributed by atoms with Crippen molar-refractivity contribution in [2.24, 2.45) is 0 Å². The molecule has 0 aliphatic carbocycles. The Kier molecular flexibility index (Phi) is 3.08. The minimum Gasteiger partial charge on any atom is -0.508 e. The molecule has 0 aliphatic rings. The third kappa shape index (κ3) is 2.39. The van der Waals surface area contributed by atoms with Crippen LogP contribution in [0.3, 0.4) is 0 Å². The van der Waals surface area contributed by atoms with Crippen LogP contribution in [0.1, 0.15) is 5.56 Å². The average Bonchev–Trinajstić information content (AvgIpc) is 2.85. The van der Waals surface area contributed by atoms with Gasteiger partial charge in [0.1, 0.15) is 10.4 Å². The second kappa shape index (κ2) is 4.89. The van der Waals surface area contributed by atoms with E-state index in [2.05, 4.69) is 31.2 Å². The van der Waals surface area contributed by atoms with Crippen molar-refractivity contribution in [2.75, 3.05) is 5.32 Å². The molecule has 0 saturated carbocycles. The van der Waals surface area contributed by atoms with Gasteiger partial charge in [0.05, 0.1) is 0 Å². The van der Waals surface area contributed by atoms with E-state index in [1.54, 1.807) is 18.3 Å². The van der Waals surface area contributed by atoms with Gasteiger partial charge in [-0.25, -0.2) is 9.97 Å². The van der Waals surface area contributed by atoms with Crippen LogP contribution in [0.15, 0.2) is 47.5 Å². The largest absolute Gasteiger partial charge is 0.508 e. The lowest BCUT2D eigenvalue weighted by molar-refractivity contribution is 0.469. The number of para-hydroxylation sites is 1. The normalized spacial score (nSPS) is 10.8. The molecule has 0 amide bonds. The van der Waals surface area contributed by atoms with E-state index in [1.165, 1.54) is 0 Å². The van der Waals surface area contributed by atoms with Crippen molar-refractivity contribution in [3.63, 3.8) is 0 Å². The van der Waals surface area contributed by atoms with Gasteiger partial charge < -0.3 is 14.8 Å². The maximum atomic E-state index is 9.73. The Morgan fingerprint density at radius 2 is 2.16 bits per heavy atom. The summed E-state index contributed by atoms with van der Waals surface area (Å²) in [4.78, 5) is 8.61. The van der Waals surface area contributed by atoms with Crippen molar-refractivity contribution < 1.29 is 5.11 Å². The number of halogens is 1. The zero-order valence-corrected chi connectivity index (χ0v) is 11.5. The average molecular weight is 319 g/mol. The van der Waals surface area contributed by atoms with Crippen LogP contribution in [0.25, 0.3) is 5.65 Å². The SMILES string of the molecule is Oc1ccccc1CNc1nc(Br)cn2ccnc12. The maximum Gasteiger partial charge on any atom is 0.180 e. The van der Waals surface area contributed by atoms with Crippen LogP contribution in [0.5, 0.6) is 5.75 Å². The van der Waals surface area contributed by atoms with E-state index in [-0.39, 0.29) is 5.75 Å². The fourth-order valence-corrected chi connectivity index (χ4v) is 2.26. The number of imidazole rings is 1. The molecule has 19 heavy (non-hydrogen) atoms. The van der Waals surface area contributed by atoms with Crippen molar-refractivity contribution in [1.82, 2.24) is 14.4 Å². The minimum atomic E-state index is 0.268. The number of phenolic OH excluding ortho intramolecular Hbond substituents is 1. The Labute approximate surface area is 118 Å². The molecule has 0 fully saturated rings. The number of hydrogen-bond acceptors (Lipinski definition) is 4. The molecule has 0 saturated heterocycles. The number of phenols is 1. The summed E-state index contributed by atoms with van der Waals surface area (Å²) in [5.74, 6) is 0.937. The zero-order valence-electron chi connectivity index (χ0n) is 9.92. The smallest absolute Gasteiger partial charge is 0.180 e. The van der Waals surface area contributed by atoms with Crippen molar-refractivity contribution >= 4 is 27.4 Å². The number of hydrogen-bond donors (Lipinski definition) is 2. The second-order valence-electron chi connectivity index (χ2n) is 4.05. The quantitative estimate of drug-likeness (QED) is 0.779. The fourth-order valence-electron chi connectivity index (χ4n) is 1.86. The van der Waals surface area contributed by atoms with Gasteiger partial charge in [0.2, 0.25) is 0 Å². The Hall–Kier alpha value is -2.08. The molecule has 6 heteroatoms. The Morgan fingerprint density at radius 3 is 3.00 bits per heavy atom. The number of aromatic nitrogens is 3. The van der Waals surface area contributed by atoms with Crippen LogP contribution in [0, 0.1) is 0 Å². The molecule has 0 bridgehead atoms. The second-order valence-corrected chi connectivity index (χ2v) is 4.87. The highest BCUT2D eigenvalue weighted by molar-refractivity contribution is 9.10. The van der Waals surface area contributed by atoms with E-state index in [0.29, 0.717) is 12.4 Å². The van der Waals surface area contributed by atoms with Crippen LogP contribution >= 0.6 is 15.9 Å². The molecule has 0 radical (unpaired) electrons. The molecule has 0 spiro atoms. The van der Waals surface area contributed by atoms with Crippen LogP contribution in [-0.4, -0.2) is 19.5 Å². The van der Waals surface area contributed by atoms with Crippen molar-refractivity contribution in [3.8, 4) is 5.75 Å². The molecule has 0 aliphatic heterocycles. The third-order valence-corrected chi connectivity index (χ3v) is 3.16. The topological polar surface area (TPSA) is 62.5 Å². The van der Waals surface area contributed by atoms with E-state index >= 15 is 0 Å². The molecule has 0 unspecified atom stereocenters. The summed E-state index contributed by atoms with van der Waals surface area (Å²) in [6.07, 6.45) is 5.41. The van der Waals surface area contributed by atoms with E-state index in [4.69, 9.17) is 0 Å². The summed E-state index contributed by atoms with van der Waals surface area (Å²) in [6, 6.07) is 7.21. The Balaban J connectivity index is 1.90. The summed E-state index contributed by atoms with van der Waals surface area (Å²) in [7, 11) is 0. The van der Waals surface area contributed by atoms with Gasteiger partial charge in [-0.1, -0.05) is 18.2 Å². The van der Waals surface area contributed by atoms with Crippen molar-refractivity contribution in [3.05, 3.63) is 53.0 Å². The van der Waals surface area contributed by atoms with E-state index in [9.17, 15) is 5.11 Å². The first-order valence-corrected chi connectivity index (χ1v) is 6.53. The highest BCUT2D eigenvalue weighted by Crippen LogP contribution is 2.20. The van der Waals surface area contributed by atoms with Crippen molar-refractivity contribution in [2.45, 2.75) is 6.54 Å². The summed E-state index contributed by atoms with van der Waals surface area (Å²) in [6.45, 7) is 0.485. The number of aromatic hydroxyl groups is 1. The summed E-state index contributed by atoms with van der Waals surface area (Å²) in [5.41, 5.74) is 1.56. The predicted molar refractivity (Wildman–Crippen MR) is 76.1 cm³/mol. The lowest BCUT2D eigenvalue weighted by Crippen LogP contribution is -2.04. The number of nitrogens with one attached hydrogen (secondary N) is 1. The van der Waals surface area contributed by atoms with Gasteiger partial charge in [0.15, 0.2) is 11.5 Å². The minimum absolute atomic E-state index is 0.268.